The van der Waals surface area contributed by atoms with E-state index in [0.29, 0.717) is 0 Å². The average molecular weight is 393 g/mol. The Hall–Kier alpha value is -0.230. The van der Waals surface area contributed by atoms with Crippen molar-refractivity contribution in [1.82, 2.24) is 5.32 Å². The van der Waals surface area contributed by atoms with Crippen LogP contribution in [0.2, 0.25) is 0 Å². The third-order valence-electron chi connectivity index (χ3n) is 2.72. The molecule has 0 spiro atoms. The quantitative estimate of drug-likeness (QED) is 0.778. The molecule has 0 radical (unpaired) electrons. The maximum absolute atomic E-state index is 13.1. The van der Waals surface area contributed by atoms with E-state index >= 15 is 0 Å². The highest BCUT2D eigenvalue weighted by molar-refractivity contribution is 9.11. The van der Waals surface area contributed by atoms with E-state index in [1.165, 1.54) is 17.0 Å². The Morgan fingerprint density at radius 3 is 2.61 bits per heavy atom. The number of halogens is 3. The molecule has 5 heteroatoms. The van der Waals surface area contributed by atoms with Gasteiger partial charge in [-0.25, -0.2) is 4.39 Å². The van der Waals surface area contributed by atoms with Gasteiger partial charge in [0.05, 0.1) is 3.79 Å². The predicted octanol–water partition coefficient (Wildman–Crippen LogP) is 4.92. The molecule has 1 aromatic carbocycles. The SMILES string of the molecule is CNC(Cc1ccc(Br)s1)c1ccc(F)cc1Br. The lowest BCUT2D eigenvalue weighted by atomic mass is 10.0. The van der Waals surface area contributed by atoms with E-state index < -0.39 is 0 Å². The Morgan fingerprint density at radius 2 is 2.06 bits per heavy atom. The van der Waals surface area contributed by atoms with Crippen LogP contribution in [0.4, 0.5) is 4.39 Å². The van der Waals surface area contributed by atoms with Gasteiger partial charge in [0, 0.05) is 21.8 Å². The zero-order valence-corrected chi connectivity index (χ0v) is 13.7. The van der Waals surface area contributed by atoms with Crippen molar-refractivity contribution in [3.63, 3.8) is 0 Å². The topological polar surface area (TPSA) is 12.0 Å². The Kier molecular flexibility index (Phi) is 4.95. The van der Waals surface area contributed by atoms with Crippen molar-refractivity contribution < 1.29 is 4.39 Å². The van der Waals surface area contributed by atoms with Crippen LogP contribution in [-0.4, -0.2) is 7.05 Å². The molecule has 1 aromatic heterocycles. The van der Waals surface area contributed by atoms with Crippen molar-refractivity contribution in [2.24, 2.45) is 0 Å². The summed E-state index contributed by atoms with van der Waals surface area (Å²) in [5.74, 6) is -0.223. The molecule has 0 aliphatic rings. The van der Waals surface area contributed by atoms with Crippen LogP contribution in [0.5, 0.6) is 0 Å². The maximum Gasteiger partial charge on any atom is 0.124 e. The maximum atomic E-state index is 13.1. The summed E-state index contributed by atoms with van der Waals surface area (Å²) < 4.78 is 15.0. The van der Waals surface area contributed by atoms with E-state index in [0.717, 1.165) is 20.2 Å². The van der Waals surface area contributed by atoms with Gasteiger partial charge in [-0.3, -0.25) is 0 Å². The molecule has 0 fully saturated rings. The summed E-state index contributed by atoms with van der Waals surface area (Å²) in [7, 11) is 1.92. The lowest BCUT2D eigenvalue weighted by Crippen LogP contribution is -2.18. The first kappa shape index (κ1) is 14.2. The van der Waals surface area contributed by atoms with Gasteiger partial charge in [-0.15, -0.1) is 11.3 Å². The van der Waals surface area contributed by atoms with Gasteiger partial charge in [0.2, 0.25) is 0 Å². The fourth-order valence-electron chi connectivity index (χ4n) is 1.81. The van der Waals surface area contributed by atoms with Gasteiger partial charge in [0.1, 0.15) is 5.82 Å². The molecule has 1 nitrogen and oxygen atoms in total. The van der Waals surface area contributed by atoms with Gasteiger partial charge in [0.25, 0.3) is 0 Å². The Balaban J connectivity index is 2.22. The van der Waals surface area contributed by atoms with Crippen LogP contribution in [0.3, 0.4) is 0 Å². The second-order valence-corrected chi connectivity index (χ2v) is 7.32. The highest BCUT2D eigenvalue weighted by Crippen LogP contribution is 2.30. The number of hydrogen-bond acceptors (Lipinski definition) is 2. The second kappa shape index (κ2) is 6.28. The summed E-state index contributed by atoms with van der Waals surface area (Å²) in [6.45, 7) is 0. The molecule has 1 N–H and O–H groups in total. The van der Waals surface area contributed by atoms with Gasteiger partial charge in [0.15, 0.2) is 0 Å². The van der Waals surface area contributed by atoms with Crippen molar-refractivity contribution in [2.75, 3.05) is 7.05 Å². The molecule has 1 heterocycles. The first-order chi connectivity index (χ1) is 8.60. The number of rotatable bonds is 4. The molecular formula is C13H12Br2FNS. The molecule has 0 saturated carbocycles. The first-order valence-corrected chi connectivity index (χ1v) is 7.87. The van der Waals surface area contributed by atoms with Crippen LogP contribution in [0.15, 0.2) is 38.6 Å². The summed E-state index contributed by atoms with van der Waals surface area (Å²) in [5, 5.41) is 3.28. The monoisotopic (exact) mass is 391 g/mol. The van der Waals surface area contributed by atoms with Crippen LogP contribution in [-0.2, 0) is 6.42 Å². The largest absolute Gasteiger partial charge is 0.313 e. The fourth-order valence-corrected chi connectivity index (χ4v) is 3.97. The van der Waals surface area contributed by atoms with Crippen LogP contribution < -0.4 is 5.32 Å². The molecular weight excluding hydrogens is 381 g/mol. The third kappa shape index (κ3) is 3.41. The predicted molar refractivity (Wildman–Crippen MR) is 81.6 cm³/mol. The molecule has 0 bridgehead atoms. The van der Waals surface area contributed by atoms with E-state index in [1.54, 1.807) is 11.3 Å². The molecule has 1 atom stereocenters. The van der Waals surface area contributed by atoms with Gasteiger partial charge in [-0.1, -0.05) is 22.0 Å². The minimum atomic E-state index is -0.223. The Bertz CT molecular complexity index is 542. The highest BCUT2D eigenvalue weighted by atomic mass is 79.9. The van der Waals surface area contributed by atoms with Crippen LogP contribution in [0.1, 0.15) is 16.5 Å². The fraction of sp³-hybridized carbons (Fsp3) is 0.231. The average Bonchev–Trinajstić information content (AvgIpc) is 2.72. The normalized spacial score (nSPS) is 12.7. The second-order valence-electron chi connectivity index (χ2n) is 3.92. The van der Waals surface area contributed by atoms with E-state index in [1.807, 2.05) is 19.2 Å². The number of thiophene rings is 1. The smallest absolute Gasteiger partial charge is 0.124 e. The van der Waals surface area contributed by atoms with Crippen LogP contribution in [0.25, 0.3) is 0 Å². The highest BCUT2D eigenvalue weighted by Gasteiger charge is 2.14. The van der Waals surface area contributed by atoms with Crippen LogP contribution >= 0.6 is 43.2 Å². The van der Waals surface area contributed by atoms with Crippen molar-refractivity contribution >= 4 is 43.2 Å². The lowest BCUT2D eigenvalue weighted by molar-refractivity contribution is 0.586. The number of hydrogen-bond donors (Lipinski definition) is 1. The van der Waals surface area contributed by atoms with Gasteiger partial charge in [-0.05, 0) is 52.8 Å². The van der Waals surface area contributed by atoms with Crippen LogP contribution in [0, 0.1) is 5.82 Å². The minimum absolute atomic E-state index is 0.172. The Labute approximate surface area is 127 Å². The van der Waals surface area contributed by atoms with E-state index in [9.17, 15) is 4.39 Å². The molecule has 0 aliphatic carbocycles. The zero-order valence-electron chi connectivity index (χ0n) is 9.71. The molecule has 0 amide bonds. The number of benzene rings is 1. The van der Waals surface area contributed by atoms with Crippen molar-refractivity contribution in [1.29, 1.82) is 0 Å². The van der Waals surface area contributed by atoms with E-state index in [4.69, 9.17) is 0 Å². The molecule has 18 heavy (non-hydrogen) atoms. The molecule has 1 unspecified atom stereocenters. The number of likely N-dealkylation sites (N-methyl/N-ethyl adjacent to an activating group) is 1. The summed E-state index contributed by atoms with van der Waals surface area (Å²) in [6.07, 6.45) is 0.886. The third-order valence-corrected chi connectivity index (χ3v) is 5.05. The Morgan fingerprint density at radius 1 is 1.28 bits per heavy atom. The molecule has 0 aliphatic heterocycles. The molecule has 2 aromatic rings. The van der Waals surface area contributed by atoms with Gasteiger partial charge >= 0.3 is 0 Å². The lowest BCUT2D eigenvalue weighted by Gasteiger charge is -2.17. The van der Waals surface area contributed by atoms with Crippen molar-refractivity contribution in [3.05, 3.63) is 54.8 Å². The summed E-state index contributed by atoms with van der Waals surface area (Å²) in [5.41, 5.74) is 1.07. The summed E-state index contributed by atoms with van der Waals surface area (Å²) >= 11 is 8.61. The zero-order chi connectivity index (χ0) is 13.1. The summed E-state index contributed by atoms with van der Waals surface area (Å²) in [4.78, 5) is 1.29. The van der Waals surface area contributed by atoms with Gasteiger partial charge in [-0.2, -0.15) is 0 Å². The van der Waals surface area contributed by atoms with Crippen molar-refractivity contribution in [2.45, 2.75) is 12.5 Å². The van der Waals surface area contributed by atoms with Gasteiger partial charge < -0.3 is 5.32 Å². The van der Waals surface area contributed by atoms with Crippen molar-refractivity contribution in [3.8, 4) is 0 Å². The molecule has 96 valence electrons. The molecule has 0 saturated heterocycles. The van der Waals surface area contributed by atoms with E-state index in [2.05, 4.69) is 43.2 Å². The number of nitrogens with one attached hydrogen (secondary N) is 1. The van der Waals surface area contributed by atoms with E-state index in [-0.39, 0.29) is 11.9 Å². The minimum Gasteiger partial charge on any atom is -0.313 e. The molecule has 2 rings (SSSR count). The first-order valence-electron chi connectivity index (χ1n) is 5.46. The summed E-state index contributed by atoms with van der Waals surface area (Å²) in [6, 6.07) is 9.15. The standard InChI is InChI=1S/C13H12Br2FNS/c1-17-12(7-9-3-5-13(15)18-9)10-4-2-8(16)6-11(10)14/h2-6,12,17H,7H2,1H3.